The summed E-state index contributed by atoms with van der Waals surface area (Å²) in [7, 11) is -3.17. The van der Waals surface area contributed by atoms with E-state index in [1.165, 1.54) is 6.26 Å². The maximum absolute atomic E-state index is 11.5. The lowest BCUT2D eigenvalue weighted by Crippen LogP contribution is -1.96. The van der Waals surface area contributed by atoms with Gasteiger partial charge in [-0.3, -0.25) is 0 Å². The van der Waals surface area contributed by atoms with Crippen molar-refractivity contribution < 1.29 is 8.42 Å². The zero-order chi connectivity index (χ0) is 14.3. The van der Waals surface area contributed by atoms with E-state index in [1.807, 2.05) is 35.0 Å². The van der Waals surface area contributed by atoms with Crippen molar-refractivity contribution in [1.82, 2.24) is 4.40 Å². The van der Waals surface area contributed by atoms with Crippen molar-refractivity contribution in [2.24, 2.45) is 0 Å². The number of sulfone groups is 1. The molecule has 3 aromatic rings. The van der Waals surface area contributed by atoms with Crippen molar-refractivity contribution in [1.29, 1.82) is 0 Å². The molecule has 0 fully saturated rings. The van der Waals surface area contributed by atoms with Gasteiger partial charge in [0.15, 0.2) is 9.84 Å². The van der Waals surface area contributed by atoms with Crippen molar-refractivity contribution in [3.63, 3.8) is 0 Å². The molecule has 102 valence electrons. The van der Waals surface area contributed by atoms with Gasteiger partial charge in [-0.25, -0.2) is 8.42 Å². The third-order valence-electron chi connectivity index (χ3n) is 3.19. The van der Waals surface area contributed by atoms with E-state index in [1.54, 1.807) is 24.3 Å². The van der Waals surface area contributed by atoms with Gasteiger partial charge in [0.2, 0.25) is 0 Å². The molecule has 5 heteroatoms. The molecule has 0 amide bonds. The van der Waals surface area contributed by atoms with Crippen molar-refractivity contribution in [2.75, 3.05) is 6.26 Å². The number of pyridine rings is 1. The summed E-state index contributed by atoms with van der Waals surface area (Å²) in [5, 5.41) is 0.635. The number of halogens is 1. The van der Waals surface area contributed by atoms with Crippen molar-refractivity contribution in [3.05, 3.63) is 59.9 Å². The molecule has 0 aliphatic carbocycles. The molecular formula is C15H12ClNO2S. The summed E-state index contributed by atoms with van der Waals surface area (Å²) in [5.41, 5.74) is 2.94. The second-order valence-corrected chi connectivity index (χ2v) is 7.12. The third-order valence-corrected chi connectivity index (χ3v) is 4.53. The number of hydrogen-bond acceptors (Lipinski definition) is 2. The molecule has 0 spiro atoms. The van der Waals surface area contributed by atoms with Gasteiger partial charge in [-0.05, 0) is 35.9 Å². The Morgan fingerprint density at radius 1 is 1.10 bits per heavy atom. The van der Waals surface area contributed by atoms with Gasteiger partial charge in [0.1, 0.15) is 0 Å². The minimum absolute atomic E-state index is 0.315. The number of benzene rings is 1. The maximum atomic E-state index is 11.5. The molecule has 0 bridgehead atoms. The zero-order valence-corrected chi connectivity index (χ0v) is 12.3. The number of hydrogen-bond donors (Lipinski definition) is 0. The van der Waals surface area contributed by atoms with E-state index < -0.39 is 9.84 Å². The molecule has 0 N–H and O–H groups in total. The highest BCUT2D eigenvalue weighted by Crippen LogP contribution is 2.29. The summed E-state index contributed by atoms with van der Waals surface area (Å²) < 4.78 is 24.9. The zero-order valence-electron chi connectivity index (χ0n) is 10.7. The summed E-state index contributed by atoms with van der Waals surface area (Å²) in [6.07, 6.45) is 4.97. The largest absolute Gasteiger partial charge is 0.322 e. The van der Waals surface area contributed by atoms with Crippen LogP contribution < -0.4 is 0 Å². The molecule has 2 aromatic heterocycles. The fourth-order valence-corrected chi connectivity index (χ4v) is 3.07. The number of nitrogens with zero attached hydrogens (tertiary/aromatic N) is 1. The van der Waals surface area contributed by atoms with Gasteiger partial charge in [0.05, 0.1) is 15.4 Å². The van der Waals surface area contributed by atoms with Crippen molar-refractivity contribution in [3.8, 4) is 11.1 Å². The first-order valence-corrected chi connectivity index (χ1v) is 8.29. The minimum atomic E-state index is -3.17. The Labute approximate surface area is 122 Å². The Morgan fingerprint density at radius 2 is 1.80 bits per heavy atom. The maximum Gasteiger partial charge on any atom is 0.175 e. The highest BCUT2D eigenvalue weighted by Gasteiger charge is 2.09. The van der Waals surface area contributed by atoms with Gasteiger partial charge in [-0.15, -0.1) is 0 Å². The van der Waals surface area contributed by atoms with Crippen molar-refractivity contribution >= 4 is 27.0 Å². The molecule has 20 heavy (non-hydrogen) atoms. The van der Waals surface area contributed by atoms with E-state index in [2.05, 4.69) is 0 Å². The first-order valence-electron chi connectivity index (χ1n) is 6.02. The third kappa shape index (κ3) is 2.32. The SMILES string of the molecule is CS(=O)(=O)c1ccc(-c2cc(Cl)cn3cccc23)cc1. The van der Waals surface area contributed by atoms with Gasteiger partial charge < -0.3 is 4.40 Å². The fraction of sp³-hybridized carbons (Fsp3) is 0.0667. The highest BCUT2D eigenvalue weighted by molar-refractivity contribution is 7.90. The molecular weight excluding hydrogens is 294 g/mol. The van der Waals surface area contributed by atoms with E-state index in [9.17, 15) is 8.42 Å². The highest BCUT2D eigenvalue weighted by atomic mass is 35.5. The van der Waals surface area contributed by atoms with Gasteiger partial charge in [-0.1, -0.05) is 23.7 Å². The first-order chi connectivity index (χ1) is 9.45. The van der Waals surface area contributed by atoms with Gasteiger partial charge >= 0.3 is 0 Å². The predicted molar refractivity (Wildman–Crippen MR) is 81.0 cm³/mol. The summed E-state index contributed by atoms with van der Waals surface area (Å²) in [4.78, 5) is 0.315. The van der Waals surface area contributed by atoms with Crippen LogP contribution in [-0.2, 0) is 9.84 Å². The topological polar surface area (TPSA) is 38.5 Å². The molecule has 3 nitrogen and oxygen atoms in total. The molecule has 1 aromatic carbocycles. The number of rotatable bonds is 2. The smallest absolute Gasteiger partial charge is 0.175 e. The monoisotopic (exact) mass is 305 g/mol. The van der Waals surface area contributed by atoms with Crippen LogP contribution in [0.4, 0.5) is 0 Å². The molecule has 0 saturated heterocycles. The Morgan fingerprint density at radius 3 is 2.45 bits per heavy atom. The van der Waals surface area contributed by atoms with Crippen LogP contribution in [0.25, 0.3) is 16.6 Å². The number of fused-ring (bicyclic) bond motifs is 1. The average molecular weight is 306 g/mol. The Hall–Kier alpha value is -1.78. The lowest BCUT2D eigenvalue weighted by molar-refractivity contribution is 0.602. The van der Waals surface area contributed by atoms with Crippen LogP contribution in [0.1, 0.15) is 0 Å². The number of aromatic nitrogens is 1. The van der Waals surface area contributed by atoms with E-state index in [0.717, 1.165) is 16.6 Å². The minimum Gasteiger partial charge on any atom is -0.322 e. The quantitative estimate of drug-likeness (QED) is 0.724. The summed E-state index contributed by atoms with van der Waals surface area (Å²) in [6.45, 7) is 0. The van der Waals surface area contributed by atoms with E-state index in [-0.39, 0.29) is 0 Å². The molecule has 2 heterocycles. The van der Waals surface area contributed by atoms with Crippen LogP contribution in [0.5, 0.6) is 0 Å². The van der Waals surface area contributed by atoms with E-state index in [4.69, 9.17) is 11.6 Å². The second kappa shape index (κ2) is 4.65. The molecule has 0 unspecified atom stereocenters. The molecule has 0 atom stereocenters. The second-order valence-electron chi connectivity index (χ2n) is 4.67. The van der Waals surface area contributed by atoms with E-state index in [0.29, 0.717) is 9.92 Å². The standard InChI is InChI=1S/C15H12ClNO2S/c1-20(18,19)13-6-4-11(5-7-13)14-9-12(16)10-17-8-2-3-15(14)17/h2-10H,1H3. The lowest BCUT2D eigenvalue weighted by atomic mass is 10.1. The van der Waals surface area contributed by atoms with Crippen LogP contribution >= 0.6 is 11.6 Å². The molecule has 3 rings (SSSR count). The molecule has 0 aliphatic heterocycles. The predicted octanol–water partition coefficient (Wildman–Crippen LogP) is 3.66. The fourth-order valence-electron chi connectivity index (χ4n) is 2.23. The Kier molecular flexibility index (Phi) is 3.07. The lowest BCUT2D eigenvalue weighted by Gasteiger charge is -2.07. The van der Waals surface area contributed by atoms with Crippen LogP contribution in [0.15, 0.2) is 59.8 Å². The van der Waals surface area contributed by atoms with Crippen LogP contribution in [0.3, 0.4) is 0 Å². The molecule has 0 aliphatic rings. The normalized spacial score (nSPS) is 11.9. The average Bonchev–Trinajstić information content (AvgIpc) is 2.85. The molecule has 0 saturated carbocycles. The van der Waals surface area contributed by atoms with E-state index >= 15 is 0 Å². The Balaban J connectivity index is 2.18. The Bertz CT molecular complexity index is 880. The van der Waals surface area contributed by atoms with Gasteiger partial charge in [0.25, 0.3) is 0 Å². The first kappa shape index (κ1) is 13.2. The summed E-state index contributed by atoms with van der Waals surface area (Å²) in [5.74, 6) is 0. The molecule has 0 radical (unpaired) electrons. The summed E-state index contributed by atoms with van der Waals surface area (Å²) >= 11 is 6.12. The van der Waals surface area contributed by atoms with Crippen LogP contribution in [0, 0.1) is 0 Å². The van der Waals surface area contributed by atoms with Crippen molar-refractivity contribution in [2.45, 2.75) is 4.90 Å². The van der Waals surface area contributed by atoms with Gasteiger partial charge in [0, 0.05) is 24.2 Å². The van der Waals surface area contributed by atoms with Gasteiger partial charge in [-0.2, -0.15) is 0 Å². The van der Waals surface area contributed by atoms with Crippen LogP contribution in [-0.4, -0.2) is 19.1 Å². The van der Waals surface area contributed by atoms with Crippen LogP contribution in [0.2, 0.25) is 5.02 Å². The summed E-state index contributed by atoms with van der Waals surface area (Å²) in [6, 6.07) is 12.7.